The monoisotopic (exact) mass is 426 g/mol. The third kappa shape index (κ3) is 6.70. The molecule has 0 fully saturated rings. The Morgan fingerprint density at radius 3 is 2.77 bits per heavy atom. The molecule has 5 N–H and O–H groups in total. The number of rotatable bonds is 10. The number of carbonyl (C=O) groups excluding carboxylic acids is 2. The first kappa shape index (κ1) is 22.6. The van der Waals surface area contributed by atoms with Crippen LogP contribution in [0.4, 0.5) is 16.2 Å². The maximum absolute atomic E-state index is 12.0. The lowest BCUT2D eigenvalue weighted by Crippen LogP contribution is -2.33. The standard InChI is InChI=1S/C23H30N4O4/c1-2-25-23(30)27-20-10-9-19-18(8-11-21(29)26-19)22(20)31-15-17(28)14-24-13-12-16-6-4-3-5-7-16/h3-7,9-10,17,24,28H,2,8,11-15H2,1H3,(H,26,29)(H2,25,27,30). The minimum Gasteiger partial charge on any atom is -0.488 e. The van der Waals surface area contributed by atoms with Crippen molar-refractivity contribution in [1.82, 2.24) is 10.6 Å². The Bertz CT molecular complexity index is 889. The number of benzene rings is 2. The van der Waals surface area contributed by atoms with Gasteiger partial charge in [0, 0.05) is 30.8 Å². The van der Waals surface area contributed by atoms with Gasteiger partial charge in [-0.2, -0.15) is 0 Å². The highest BCUT2D eigenvalue weighted by molar-refractivity contribution is 5.97. The predicted molar refractivity (Wildman–Crippen MR) is 121 cm³/mol. The van der Waals surface area contributed by atoms with E-state index in [1.54, 1.807) is 12.1 Å². The van der Waals surface area contributed by atoms with Crippen molar-refractivity contribution in [2.45, 2.75) is 32.3 Å². The summed E-state index contributed by atoms with van der Waals surface area (Å²) < 4.78 is 5.94. The molecular weight excluding hydrogens is 396 g/mol. The van der Waals surface area contributed by atoms with Gasteiger partial charge in [0.2, 0.25) is 5.91 Å². The average Bonchev–Trinajstić information content (AvgIpc) is 2.76. The van der Waals surface area contributed by atoms with Gasteiger partial charge in [-0.1, -0.05) is 30.3 Å². The highest BCUT2D eigenvalue weighted by Gasteiger charge is 2.22. The predicted octanol–water partition coefficient (Wildman–Crippen LogP) is 2.28. The molecule has 8 nitrogen and oxygen atoms in total. The van der Waals surface area contributed by atoms with Crippen molar-refractivity contribution in [3.8, 4) is 5.75 Å². The van der Waals surface area contributed by atoms with E-state index in [4.69, 9.17) is 4.74 Å². The number of ether oxygens (including phenoxy) is 1. The van der Waals surface area contributed by atoms with Gasteiger partial charge in [0.1, 0.15) is 18.5 Å². The highest BCUT2D eigenvalue weighted by Crippen LogP contribution is 2.37. The van der Waals surface area contributed by atoms with Gasteiger partial charge in [0.15, 0.2) is 0 Å². The van der Waals surface area contributed by atoms with Crippen molar-refractivity contribution in [3.63, 3.8) is 0 Å². The van der Waals surface area contributed by atoms with Crippen LogP contribution >= 0.6 is 0 Å². The first-order valence-electron chi connectivity index (χ1n) is 10.6. The maximum atomic E-state index is 12.0. The lowest BCUT2D eigenvalue weighted by molar-refractivity contribution is -0.116. The van der Waals surface area contributed by atoms with Gasteiger partial charge in [0.25, 0.3) is 0 Å². The van der Waals surface area contributed by atoms with Gasteiger partial charge in [-0.15, -0.1) is 0 Å². The second-order valence-corrected chi connectivity index (χ2v) is 7.41. The number of hydrogen-bond acceptors (Lipinski definition) is 5. The van der Waals surface area contributed by atoms with Gasteiger partial charge >= 0.3 is 6.03 Å². The number of urea groups is 1. The van der Waals surface area contributed by atoms with Gasteiger partial charge < -0.3 is 31.1 Å². The maximum Gasteiger partial charge on any atom is 0.319 e. The lowest BCUT2D eigenvalue weighted by Gasteiger charge is -2.24. The zero-order valence-electron chi connectivity index (χ0n) is 17.7. The largest absolute Gasteiger partial charge is 0.488 e. The molecule has 8 heteroatoms. The molecule has 2 aromatic carbocycles. The molecule has 0 radical (unpaired) electrons. The Kier molecular flexibility index (Phi) is 8.26. The SMILES string of the molecule is CCNC(=O)Nc1ccc2c(c1OCC(O)CNCCc1ccccc1)CCC(=O)N2. The van der Waals surface area contributed by atoms with Crippen LogP contribution in [-0.4, -0.2) is 49.4 Å². The molecule has 2 aromatic rings. The van der Waals surface area contributed by atoms with Gasteiger partial charge in [-0.05, 0) is 44.0 Å². The Morgan fingerprint density at radius 1 is 1.19 bits per heavy atom. The Morgan fingerprint density at radius 2 is 2.00 bits per heavy atom. The van der Waals surface area contributed by atoms with Crippen molar-refractivity contribution < 1.29 is 19.4 Å². The van der Waals surface area contributed by atoms with Crippen LogP contribution in [0.2, 0.25) is 0 Å². The van der Waals surface area contributed by atoms with E-state index < -0.39 is 6.10 Å². The van der Waals surface area contributed by atoms with Gasteiger partial charge in [-0.25, -0.2) is 4.79 Å². The third-order valence-corrected chi connectivity index (χ3v) is 4.96. The van der Waals surface area contributed by atoms with E-state index in [1.165, 1.54) is 5.56 Å². The van der Waals surface area contributed by atoms with E-state index in [9.17, 15) is 14.7 Å². The summed E-state index contributed by atoms with van der Waals surface area (Å²) in [5.74, 6) is 0.428. The molecule has 0 aliphatic carbocycles. The van der Waals surface area contributed by atoms with Gasteiger partial charge in [0.05, 0.1) is 5.69 Å². The zero-order chi connectivity index (χ0) is 22.1. The van der Waals surface area contributed by atoms with Crippen molar-refractivity contribution in [1.29, 1.82) is 0 Å². The molecule has 0 saturated heterocycles. The topological polar surface area (TPSA) is 112 Å². The molecule has 0 spiro atoms. The van der Waals surface area contributed by atoms with E-state index in [1.807, 2.05) is 25.1 Å². The van der Waals surface area contributed by atoms with Crippen molar-refractivity contribution in [2.75, 3.05) is 36.9 Å². The molecule has 1 atom stereocenters. The average molecular weight is 427 g/mol. The summed E-state index contributed by atoms with van der Waals surface area (Å²) in [4.78, 5) is 23.7. The number of amides is 3. The van der Waals surface area contributed by atoms with Crippen molar-refractivity contribution in [2.24, 2.45) is 0 Å². The molecule has 3 rings (SSSR count). The number of fused-ring (bicyclic) bond motifs is 1. The van der Waals surface area contributed by atoms with E-state index in [0.29, 0.717) is 43.1 Å². The summed E-state index contributed by atoms with van der Waals surface area (Å²) >= 11 is 0. The lowest BCUT2D eigenvalue weighted by atomic mass is 10.0. The summed E-state index contributed by atoms with van der Waals surface area (Å²) in [6, 6.07) is 13.3. The Balaban J connectivity index is 1.58. The number of aliphatic hydroxyl groups excluding tert-OH is 1. The fraction of sp³-hybridized carbons (Fsp3) is 0.391. The fourth-order valence-corrected chi connectivity index (χ4v) is 3.42. The Labute approximate surface area is 182 Å². The quantitative estimate of drug-likeness (QED) is 0.374. The minimum absolute atomic E-state index is 0.0504. The number of carbonyl (C=O) groups is 2. The van der Waals surface area contributed by atoms with Crippen LogP contribution in [0.1, 0.15) is 24.5 Å². The van der Waals surface area contributed by atoms with E-state index in [0.717, 1.165) is 18.5 Å². The number of hydrogen-bond donors (Lipinski definition) is 5. The number of nitrogens with one attached hydrogen (secondary N) is 4. The highest BCUT2D eigenvalue weighted by atomic mass is 16.5. The zero-order valence-corrected chi connectivity index (χ0v) is 17.7. The molecule has 1 aliphatic heterocycles. The van der Waals surface area contributed by atoms with Crippen LogP contribution in [0.25, 0.3) is 0 Å². The van der Waals surface area contributed by atoms with Crippen LogP contribution in [0, 0.1) is 0 Å². The smallest absolute Gasteiger partial charge is 0.319 e. The molecule has 0 saturated carbocycles. The summed E-state index contributed by atoms with van der Waals surface area (Å²) in [6.45, 7) is 3.53. The Hall–Kier alpha value is -3.10. The van der Waals surface area contributed by atoms with Crippen molar-refractivity contribution >= 4 is 23.3 Å². The van der Waals surface area contributed by atoms with Crippen LogP contribution in [0.5, 0.6) is 5.75 Å². The first-order chi connectivity index (χ1) is 15.1. The summed E-state index contributed by atoms with van der Waals surface area (Å²) in [6.07, 6.45) is 1.01. The van der Waals surface area contributed by atoms with Gasteiger partial charge in [-0.3, -0.25) is 4.79 Å². The van der Waals surface area contributed by atoms with E-state index >= 15 is 0 Å². The fourth-order valence-electron chi connectivity index (χ4n) is 3.42. The summed E-state index contributed by atoms with van der Waals surface area (Å²) in [5, 5.41) is 21.9. The number of aliphatic hydroxyl groups is 1. The summed E-state index contributed by atoms with van der Waals surface area (Å²) in [7, 11) is 0. The van der Waals surface area contributed by atoms with Crippen molar-refractivity contribution in [3.05, 3.63) is 53.6 Å². The van der Waals surface area contributed by atoms with Crippen LogP contribution < -0.4 is 26.0 Å². The molecule has 1 aliphatic rings. The second-order valence-electron chi connectivity index (χ2n) is 7.41. The van der Waals surface area contributed by atoms with Crippen LogP contribution in [-0.2, 0) is 17.6 Å². The molecule has 0 bridgehead atoms. The van der Waals surface area contributed by atoms with E-state index in [2.05, 4.69) is 33.4 Å². The first-order valence-corrected chi connectivity index (χ1v) is 10.6. The normalized spacial score (nSPS) is 13.7. The van der Waals surface area contributed by atoms with Crippen LogP contribution in [0.3, 0.4) is 0 Å². The van der Waals surface area contributed by atoms with Crippen LogP contribution in [0.15, 0.2) is 42.5 Å². The van der Waals surface area contributed by atoms with E-state index in [-0.39, 0.29) is 18.5 Å². The third-order valence-electron chi connectivity index (χ3n) is 4.96. The molecule has 31 heavy (non-hydrogen) atoms. The molecular formula is C23H30N4O4. The molecule has 3 amide bonds. The second kappa shape index (κ2) is 11.3. The summed E-state index contributed by atoms with van der Waals surface area (Å²) in [5.41, 5.74) is 3.23. The minimum atomic E-state index is -0.720. The molecule has 0 aromatic heterocycles. The molecule has 166 valence electrons. The molecule has 1 heterocycles. The molecule has 1 unspecified atom stereocenters. The number of anilines is 2.